The maximum absolute atomic E-state index is 12.2. The first-order valence-electron chi connectivity index (χ1n) is 6.78. The molecule has 0 bridgehead atoms. The number of ether oxygens (including phenoxy) is 1. The van der Waals surface area contributed by atoms with Crippen molar-refractivity contribution in [2.24, 2.45) is 5.92 Å². The number of nitrogens with one attached hydrogen (secondary N) is 1. The molecule has 0 saturated heterocycles. The Bertz CT molecular complexity index is 557. The fourth-order valence-corrected chi connectivity index (χ4v) is 3.38. The van der Waals surface area contributed by atoms with Crippen LogP contribution in [0.15, 0.2) is 23.1 Å². The van der Waals surface area contributed by atoms with Crippen LogP contribution >= 0.6 is 11.8 Å². The molecule has 1 aromatic rings. The number of hydrogen-bond acceptors (Lipinski definition) is 4. The van der Waals surface area contributed by atoms with Crippen molar-refractivity contribution >= 4 is 23.4 Å². The van der Waals surface area contributed by atoms with Crippen molar-refractivity contribution in [3.8, 4) is 5.75 Å². The number of nitrogens with zero attached hydrogens (tertiary/aromatic N) is 1. The van der Waals surface area contributed by atoms with E-state index in [9.17, 15) is 9.70 Å². The quantitative estimate of drug-likeness (QED) is 0.847. The van der Waals surface area contributed by atoms with Gasteiger partial charge >= 0.3 is 0 Å². The van der Waals surface area contributed by atoms with Crippen LogP contribution in [0.5, 0.6) is 5.75 Å². The van der Waals surface area contributed by atoms with E-state index in [2.05, 4.69) is 5.32 Å². The number of amides is 1. The van der Waals surface area contributed by atoms with Crippen molar-refractivity contribution < 1.29 is 14.3 Å². The van der Waals surface area contributed by atoms with Crippen LogP contribution in [0.4, 0.5) is 5.69 Å². The Morgan fingerprint density at radius 3 is 3.00 bits per heavy atom. The fraction of sp³-hybridized carbons (Fsp3) is 0.500. The Balaban J connectivity index is 1.57. The SMILES string of the molecule is COc1ccc2c(c1)[N+](=O)C(CCNC(=O)C1CC1)S2. The summed E-state index contributed by atoms with van der Waals surface area (Å²) in [4.78, 5) is 24.7. The Labute approximate surface area is 121 Å². The molecule has 20 heavy (non-hydrogen) atoms. The van der Waals surface area contributed by atoms with Crippen LogP contribution in [0, 0.1) is 10.8 Å². The molecule has 0 spiro atoms. The third kappa shape index (κ3) is 2.65. The molecule has 1 aliphatic heterocycles. The van der Waals surface area contributed by atoms with E-state index in [-0.39, 0.29) is 17.2 Å². The summed E-state index contributed by atoms with van der Waals surface area (Å²) in [6.07, 6.45) is 2.65. The van der Waals surface area contributed by atoms with Gasteiger partial charge in [-0.1, -0.05) is 0 Å². The molecule has 0 aromatic heterocycles. The standard InChI is InChI=1S/C14H16N2O3S/c1-19-10-4-5-12-11(8-10)16(18)13(20-12)6-7-15-14(17)9-2-3-9/h4-5,8-9,13H,2-3,6-7H2,1H3/p+1. The molecular weight excluding hydrogens is 276 g/mol. The number of carbonyl (C=O) groups is 1. The first-order chi connectivity index (χ1) is 9.69. The minimum atomic E-state index is -0.170. The van der Waals surface area contributed by atoms with Gasteiger partial charge in [0, 0.05) is 23.8 Å². The molecule has 1 N–H and O–H groups in total. The molecular formula is C14H17N2O3S+. The van der Waals surface area contributed by atoms with Gasteiger partial charge < -0.3 is 10.1 Å². The zero-order valence-corrected chi connectivity index (χ0v) is 12.1. The van der Waals surface area contributed by atoms with Crippen molar-refractivity contribution in [3.05, 3.63) is 23.1 Å². The van der Waals surface area contributed by atoms with Gasteiger partial charge in [0.1, 0.15) is 5.75 Å². The van der Waals surface area contributed by atoms with Gasteiger partial charge in [-0.2, -0.15) is 0 Å². The Hall–Kier alpha value is -1.56. The molecule has 3 rings (SSSR count). The van der Waals surface area contributed by atoms with Crippen molar-refractivity contribution in [2.45, 2.75) is 29.5 Å². The van der Waals surface area contributed by atoms with Crippen LogP contribution in [0.2, 0.25) is 0 Å². The van der Waals surface area contributed by atoms with E-state index in [4.69, 9.17) is 4.74 Å². The number of benzene rings is 1. The largest absolute Gasteiger partial charge is 0.497 e. The molecule has 1 atom stereocenters. The summed E-state index contributed by atoms with van der Waals surface area (Å²) >= 11 is 1.55. The second-order valence-electron chi connectivity index (χ2n) is 5.09. The van der Waals surface area contributed by atoms with Crippen molar-refractivity contribution in [1.82, 2.24) is 5.32 Å². The zero-order chi connectivity index (χ0) is 14.1. The second-order valence-corrected chi connectivity index (χ2v) is 6.31. The van der Waals surface area contributed by atoms with E-state index in [0.717, 1.165) is 22.5 Å². The molecule has 1 aliphatic carbocycles. The maximum Gasteiger partial charge on any atom is 0.274 e. The van der Waals surface area contributed by atoms with E-state index >= 15 is 0 Å². The second kappa shape index (κ2) is 5.44. The first kappa shape index (κ1) is 13.4. The number of methoxy groups -OCH3 is 1. The van der Waals surface area contributed by atoms with Gasteiger partial charge in [-0.3, -0.25) is 4.79 Å². The fourth-order valence-electron chi connectivity index (χ4n) is 2.23. The normalized spacial score (nSPS) is 20.6. The third-order valence-electron chi connectivity index (χ3n) is 3.57. The predicted octanol–water partition coefficient (Wildman–Crippen LogP) is 2.45. The molecule has 1 fully saturated rings. The minimum Gasteiger partial charge on any atom is -0.497 e. The summed E-state index contributed by atoms with van der Waals surface area (Å²) in [5.41, 5.74) is 0.660. The summed E-state index contributed by atoms with van der Waals surface area (Å²) in [5, 5.41) is 2.73. The highest BCUT2D eigenvalue weighted by Gasteiger charge is 2.40. The highest BCUT2D eigenvalue weighted by Crippen LogP contribution is 2.44. The summed E-state index contributed by atoms with van der Waals surface area (Å²) in [6.45, 7) is 0.552. The molecule has 6 heteroatoms. The molecule has 1 aromatic carbocycles. The van der Waals surface area contributed by atoms with Crippen LogP contribution in [0.25, 0.3) is 0 Å². The van der Waals surface area contributed by atoms with Crippen LogP contribution in [0.3, 0.4) is 0 Å². The maximum atomic E-state index is 12.2. The van der Waals surface area contributed by atoms with Gasteiger partial charge in [-0.05, 0) is 36.7 Å². The number of nitroso groups, excluding NO2 is 1. The molecule has 1 amide bonds. The summed E-state index contributed by atoms with van der Waals surface area (Å²) in [6, 6.07) is 5.53. The molecule has 0 radical (unpaired) electrons. The van der Waals surface area contributed by atoms with Crippen molar-refractivity contribution in [2.75, 3.05) is 13.7 Å². The number of fused-ring (bicyclic) bond motifs is 1. The number of hydrogen-bond donors (Lipinski definition) is 1. The van der Waals surface area contributed by atoms with Gasteiger partial charge in [0.2, 0.25) is 5.91 Å². The van der Waals surface area contributed by atoms with E-state index in [1.54, 1.807) is 24.9 Å². The highest BCUT2D eigenvalue weighted by molar-refractivity contribution is 8.00. The molecule has 1 unspecified atom stereocenters. The number of thioether (sulfide) groups is 1. The van der Waals surface area contributed by atoms with Crippen LogP contribution in [-0.4, -0.2) is 29.7 Å². The van der Waals surface area contributed by atoms with Gasteiger partial charge in [0.25, 0.3) is 11.1 Å². The summed E-state index contributed by atoms with van der Waals surface area (Å²) in [5.74, 6) is 1.04. The average Bonchev–Trinajstić information content (AvgIpc) is 3.26. The van der Waals surface area contributed by atoms with Gasteiger partial charge in [-0.15, -0.1) is 0 Å². The van der Waals surface area contributed by atoms with Gasteiger partial charge in [0.15, 0.2) is 0 Å². The summed E-state index contributed by atoms with van der Waals surface area (Å²) in [7, 11) is 1.59. The number of carbonyl (C=O) groups excluding carboxylic acids is 1. The first-order valence-corrected chi connectivity index (χ1v) is 7.66. The zero-order valence-electron chi connectivity index (χ0n) is 11.3. The van der Waals surface area contributed by atoms with E-state index in [0.29, 0.717) is 24.4 Å². The highest BCUT2D eigenvalue weighted by atomic mass is 32.2. The molecule has 1 heterocycles. The molecule has 5 nitrogen and oxygen atoms in total. The monoisotopic (exact) mass is 293 g/mol. The lowest BCUT2D eigenvalue weighted by Crippen LogP contribution is -2.28. The molecule has 1 saturated carbocycles. The Kier molecular flexibility index (Phi) is 3.65. The van der Waals surface area contributed by atoms with Gasteiger partial charge in [-0.25, -0.2) is 0 Å². The Morgan fingerprint density at radius 1 is 1.50 bits per heavy atom. The average molecular weight is 293 g/mol. The lowest BCUT2D eigenvalue weighted by Gasteiger charge is -2.03. The lowest BCUT2D eigenvalue weighted by atomic mass is 10.3. The van der Waals surface area contributed by atoms with E-state index in [1.165, 1.54) is 0 Å². The molecule has 106 valence electrons. The third-order valence-corrected chi connectivity index (χ3v) is 4.87. The van der Waals surface area contributed by atoms with Crippen LogP contribution < -0.4 is 10.1 Å². The van der Waals surface area contributed by atoms with Crippen LogP contribution in [0.1, 0.15) is 19.3 Å². The van der Waals surface area contributed by atoms with Gasteiger partial charge in [0.05, 0.1) is 22.8 Å². The minimum absolute atomic E-state index is 0.129. The number of rotatable bonds is 5. The van der Waals surface area contributed by atoms with E-state index in [1.807, 2.05) is 12.1 Å². The summed E-state index contributed by atoms with van der Waals surface area (Å²) < 4.78 is 6.16. The van der Waals surface area contributed by atoms with Crippen molar-refractivity contribution in [1.29, 1.82) is 0 Å². The smallest absolute Gasteiger partial charge is 0.274 e. The topological polar surface area (TPSA) is 58.4 Å². The Morgan fingerprint density at radius 2 is 2.30 bits per heavy atom. The van der Waals surface area contributed by atoms with Crippen molar-refractivity contribution in [3.63, 3.8) is 0 Å². The molecule has 2 aliphatic rings. The van der Waals surface area contributed by atoms with E-state index < -0.39 is 0 Å². The van der Waals surface area contributed by atoms with Crippen LogP contribution in [-0.2, 0) is 4.79 Å². The lowest BCUT2D eigenvalue weighted by molar-refractivity contribution is -0.476. The predicted molar refractivity (Wildman–Crippen MR) is 76.3 cm³/mol.